The summed E-state index contributed by atoms with van der Waals surface area (Å²) < 4.78 is 5.64. The van der Waals surface area contributed by atoms with E-state index in [0.29, 0.717) is 13.0 Å². The van der Waals surface area contributed by atoms with Crippen molar-refractivity contribution in [2.45, 2.75) is 32.6 Å². The minimum Gasteiger partial charge on any atom is -0.493 e. The Labute approximate surface area is 130 Å². The molecule has 1 aromatic heterocycles. The van der Waals surface area contributed by atoms with E-state index in [4.69, 9.17) is 4.74 Å². The van der Waals surface area contributed by atoms with E-state index >= 15 is 0 Å². The third kappa shape index (κ3) is 4.07. The number of aromatic nitrogens is 1. The van der Waals surface area contributed by atoms with Crippen LogP contribution in [0.5, 0.6) is 5.75 Å². The lowest BCUT2D eigenvalue weighted by Crippen LogP contribution is -2.15. The lowest BCUT2D eigenvalue weighted by molar-refractivity contribution is -0.138. The summed E-state index contributed by atoms with van der Waals surface area (Å²) in [5.41, 5.74) is 2.73. The van der Waals surface area contributed by atoms with Crippen LogP contribution in [-0.4, -0.2) is 22.7 Å². The first kappa shape index (κ1) is 16.0. The van der Waals surface area contributed by atoms with E-state index in [1.54, 1.807) is 12.4 Å². The number of benzene rings is 1. The van der Waals surface area contributed by atoms with Crippen LogP contribution in [0.25, 0.3) is 0 Å². The van der Waals surface area contributed by atoms with E-state index in [1.165, 1.54) is 0 Å². The number of ether oxygens (including phenoxy) is 1. The van der Waals surface area contributed by atoms with Crippen LogP contribution in [0.15, 0.2) is 42.7 Å². The Morgan fingerprint density at radius 2 is 2.00 bits per heavy atom. The summed E-state index contributed by atoms with van der Waals surface area (Å²) in [7, 11) is 0. The molecule has 0 aliphatic rings. The van der Waals surface area contributed by atoms with Crippen molar-refractivity contribution in [2.24, 2.45) is 0 Å². The number of hydrogen-bond acceptors (Lipinski definition) is 3. The standard InChI is InChI=1S/C18H21NO3/c1-3-10-22-17-5-4-15(11-13(17)2)16(18(20)21)12-14-6-8-19-9-7-14/h4-9,11,16H,3,10,12H2,1-2H3,(H,20,21). The third-order valence-electron chi connectivity index (χ3n) is 3.55. The summed E-state index contributed by atoms with van der Waals surface area (Å²) in [6.07, 6.45) is 4.76. The lowest BCUT2D eigenvalue weighted by Gasteiger charge is -2.15. The molecule has 2 rings (SSSR count). The number of nitrogens with zero attached hydrogens (tertiary/aromatic N) is 1. The van der Waals surface area contributed by atoms with Crippen molar-refractivity contribution in [3.63, 3.8) is 0 Å². The van der Waals surface area contributed by atoms with Crippen molar-refractivity contribution in [1.82, 2.24) is 4.98 Å². The van der Waals surface area contributed by atoms with Crippen molar-refractivity contribution in [3.05, 3.63) is 59.4 Å². The first-order valence-corrected chi connectivity index (χ1v) is 7.47. The number of carboxylic acids is 1. The summed E-state index contributed by atoms with van der Waals surface area (Å²) in [4.78, 5) is 15.6. The van der Waals surface area contributed by atoms with Gasteiger partial charge in [0.25, 0.3) is 0 Å². The molecule has 2 aromatic rings. The highest BCUT2D eigenvalue weighted by molar-refractivity contribution is 5.76. The summed E-state index contributed by atoms with van der Waals surface area (Å²) in [5, 5.41) is 9.54. The zero-order chi connectivity index (χ0) is 15.9. The molecule has 0 aliphatic heterocycles. The molecule has 116 valence electrons. The smallest absolute Gasteiger partial charge is 0.311 e. The van der Waals surface area contributed by atoms with Crippen LogP contribution >= 0.6 is 0 Å². The molecule has 0 spiro atoms. The minimum atomic E-state index is -0.821. The summed E-state index contributed by atoms with van der Waals surface area (Å²) in [6.45, 7) is 4.66. The Morgan fingerprint density at radius 3 is 2.59 bits per heavy atom. The van der Waals surface area contributed by atoms with Crippen LogP contribution in [-0.2, 0) is 11.2 Å². The molecule has 1 aromatic carbocycles. The maximum absolute atomic E-state index is 11.6. The van der Waals surface area contributed by atoms with Gasteiger partial charge in [-0.15, -0.1) is 0 Å². The van der Waals surface area contributed by atoms with E-state index in [-0.39, 0.29) is 0 Å². The average Bonchev–Trinajstić information content (AvgIpc) is 2.52. The zero-order valence-electron chi connectivity index (χ0n) is 13.0. The number of carboxylic acid groups (broad SMARTS) is 1. The first-order valence-electron chi connectivity index (χ1n) is 7.47. The summed E-state index contributed by atoms with van der Waals surface area (Å²) in [6, 6.07) is 9.31. The largest absolute Gasteiger partial charge is 0.493 e. The van der Waals surface area contributed by atoms with Gasteiger partial charge < -0.3 is 9.84 Å². The Balaban J connectivity index is 2.22. The van der Waals surface area contributed by atoms with Crippen LogP contribution in [0.4, 0.5) is 0 Å². The summed E-state index contributed by atoms with van der Waals surface area (Å²) >= 11 is 0. The van der Waals surface area contributed by atoms with Gasteiger partial charge >= 0.3 is 5.97 Å². The van der Waals surface area contributed by atoms with Crippen LogP contribution in [0, 0.1) is 6.92 Å². The predicted molar refractivity (Wildman–Crippen MR) is 85.3 cm³/mol. The van der Waals surface area contributed by atoms with Gasteiger partial charge in [0.15, 0.2) is 0 Å². The van der Waals surface area contributed by atoms with Gasteiger partial charge in [-0.1, -0.05) is 19.1 Å². The van der Waals surface area contributed by atoms with Crippen LogP contribution < -0.4 is 4.74 Å². The maximum Gasteiger partial charge on any atom is 0.311 e. The molecule has 22 heavy (non-hydrogen) atoms. The minimum absolute atomic E-state index is 0.451. The van der Waals surface area contributed by atoms with Gasteiger partial charge in [0.2, 0.25) is 0 Å². The molecule has 1 atom stereocenters. The van der Waals surface area contributed by atoms with E-state index < -0.39 is 11.9 Å². The number of carbonyl (C=O) groups is 1. The van der Waals surface area contributed by atoms with Gasteiger partial charge in [-0.3, -0.25) is 9.78 Å². The fraction of sp³-hybridized carbons (Fsp3) is 0.333. The second kappa shape index (κ2) is 7.59. The second-order valence-corrected chi connectivity index (χ2v) is 5.32. The first-order chi connectivity index (χ1) is 10.6. The molecule has 0 saturated heterocycles. The molecule has 0 amide bonds. The molecule has 1 unspecified atom stereocenters. The number of aliphatic carboxylic acids is 1. The van der Waals surface area contributed by atoms with Gasteiger partial charge in [0, 0.05) is 12.4 Å². The molecule has 0 bridgehead atoms. The molecule has 0 radical (unpaired) electrons. The summed E-state index contributed by atoms with van der Waals surface area (Å²) in [5.74, 6) is -0.571. The predicted octanol–water partition coefficient (Wildman–Crippen LogP) is 3.59. The van der Waals surface area contributed by atoms with Crippen molar-refractivity contribution < 1.29 is 14.6 Å². The van der Waals surface area contributed by atoms with Gasteiger partial charge in [-0.25, -0.2) is 0 Å². The van der Waals surface area contributed by atoms with E-state index in [1.807, 2.05) is 37.3 Å². The number of hydrogen-bond donors (Lipinski definition) is 1. The zero-order valence-corrected chi connectivity index (χ0v) is 13.0. The van der Waals surface area contributed by atoms with Crippen molar-refractivity contribution >= 4 is 5.97 Å². The van der Waals surface area contributed by atoms with E-state index in [0.717, 1.165) is 28.9 Å². The number of aryl methyl sites for hydroxylation is 1. The van der Waals surface area contributed by atoms with Gasteiger partial charge in [0.1, 0.15) is 5.75 Å². The topological polar surface area (TPSA) is 59.4 Å². The van der Waals surface area contributed by atoms with Crippen molar-refractivity contribution in [3.8, 4) is 5.75 Å². The Hall–Kier alpha value is -2.36. The highest BCUT2D eigenvalue weighted by Crippen LogP contribution is 2.26. The Bertz CT molecular complexity index is 625. The normalized spacial score (nSPS) is 11.9. The quantitative estimate of drug-likeness (QED) is 0.848. The molecular weight excluding hydrogens is 278 g/mol. The number of rotatable bonds is 7. The molecule has 0 fully saturated rings. The van der Waals surface area contributed by atoms with Crippen LogP contribution in [0.3, 0.4) is 0 Å². The molecular formula is C18H21NO3. The lowest BCUT2D eigenvalue weighted by atomic mass is 9.91. The van der Waals surface area contributed by atoms with Crippen LogP contribution in [0.2, 0.25) is 0 Å². The molecule has 1 N–H and O–H groups in total. The van der Waals surface area contributed by atoms with E-state index in [2.05, 4.69) is 11.9 Å². The van der Waals surface area contributed by atoms with Gasteiger partial charge in [-0.05, 0) is 54.7 Å². The monoisotopic (exact) mass is 299 g/mol. The van der Waals surface area contributed by atoms with Crippen LogP contribution in [0.1, 0.15) is 36.0 Å². The highest BCUT2D eigenvalue weighted by Gasteiger charge is 2.21. The molecule has 0 aliphatic carbocycles. The third-order valence-corrected chi connectivity index (χ3v) is 3.55. The van der Waals surface area contributed by atoms with E-state index in [9.17, 15) is 9.90 Å². The average molecular weight is 299 g/mol. The number of pyridine rings is 1. The highest BCUT2D eigenvalue weighted by atomic mass is 16.5. The molecule has 1 heterocycles. The maximum atomic E-state index is 11.6. The van der Waals surface area contributed by atoms with Crippen molar-refractivity contribution in [1.29, 1.82) is 0 Å². The van der Waals surface area contributed by atoms with Gasteiger partial charge in [-0.2, -0.15) is 0 Å². The Kier molecular flexibility index (Phi) is 5.53. The fourth-order valence-electron chi connectivity index (χ4n) is 2.37. The van der Waals surface area contributed by atoms with Gasteiger partial charge in [0.05, 0.1) is 12.5 Å². The second-order valence-electron chi connectivity index (χ2n) is 5.32. The molecule has 4 heteroatoms. The van der Waals surface area contributed by atoms with Crippen molar-refractivity contribution in [2.75, 3.05) is 6.61 Å². The SMILES string of the molecule is CCCOc1ccc(C(Cc2ccncc2)C(=O)O)cc1C. The molecule has 0 saturated carbocycles. The fourth-order valence-corrected chi connectivity index (χ4v) is 2.37. The molecule has 4 nitrogen and oxygen atoms in total. The Morgan fingerprint density at radius 1 is 1.27 bits per heavy atom.